The van der Waals surface area contributed by atoms with Crippen LogP contribution < -0.4 is 0 Å². The Morgan fingerprint density at radius 3 is 2.55 bits per heavy atom. The van der Waals surface area contributed by atoms with Gasteiger partial charge in [0.05, 0.1) is 23.3 Å². The van der Waals surface area contributed by atoms with E-state index in [-0.39, 0.29) is 6.61 Å². The van der Waals surface area contributed by atoms with E-state index in [4.69, 9.17) is 16.3 Å². The number of nitrogens with zero attached hydrogens (tertiary/aromatic N) is 2. The Morgan fingerprint density at radius 1 is 1.14 bits per heavy atom. The van der Waals surface area contributed by atoms with Crippen molar-refractivity contribution >= 4 is 40.4 Å². The lowest BCUT2D eigenvalue weighted by Crippen LogP contribution is -2.10. The van der Waals surface area contributed by atoms with E-state index in [1.165, 1.54) is 11.8 Å². The lowest BCUT2D eigenvalue weighted by atomic mass is 9.96. The molecule has 2 heterocycles. The van der Waals surface area contributed by atoms with Crippen LogP contribution in [0.15, 0.2) is 64.5 Å². The van der Waals surface area contributed by atoms with Crippen molar-refractivity contribution in [2.24, 2.45) is 0 Å². The first kappa shape index (κ1) is 19.5. The molecule has 29 heavy (non-hydrogen) atoms. The highest BCUT2D eigenvalue weighted by Crippen LogP contribution is 2.40. The molecule has 0 atom stereocenters. The minimum atomic E-state index is -0.402. The van der Waals surface area contributed by atoms with Gasteiger partial charge >= 0.3 is 5.97 Å². The summed E-state index contributed by atoms with van der Waals surface area (Å²) in [7, 11) is 0. The molecular formula is C22H18ClN3O2S. The number of hydrogen-bond acceptors (Lipinski definition) is 5. The smallest absolute Gasteiger partial charge is 0.340 e. The third-order valence-corrected chi connectivity index (χ3v) is 5.67. The van der Waals surface area contributed by atoms with Gasteiger partial charge in [-0.05, 0) is 43.7 Å². The van der Waals surface area contributed by atoms with Crippen LogP contribution >= 0.6 is 23.4 Å². The molecule has 0 unspecified atom stereocenters. The number of benzene rings is 2. The lowest BCUT2D eigenvalue weighted by molar-refractivity contribution is 0.0526. The number of H-pyrrole nitrogens is 1. The summed E-state index contributed by atoms with van der Waals surface area (Å²) in [5, 5.41) is 9.64. The predicted molar refractivity (Wildman–Crippen MR) is 116 cm³/mol. The fourth-order valence-electron chi connectivity index (χ4n) is 3.18. The van der Waals surface area contributed by atoms with Crippen molar-refractivity contribution in [3.8, 4) is 11.1 Å². The maximum Gasteiger partial charge on any atom is 0.340 e. The fraction of sp³-hybridized carbons (Fsp3) is 0.136. The van der Waals surface area contributed by atoms with Gasteiger partial charge in [0.25, 0.3) is 0 Å². The van der Waals surface area contributed by atoms with Crippen molar-refractivity contribution in [2.75, 3.05) is 6.61 Å². The molecule has 0 saturated heterocycles. The molecule has 0 amide bonds. The maximum atomic E-state index is 12.8. The summed E-state index contributed by atoms with van der Waals surface area (Å²) < 4.78 is 5.34. The Balaban J connectivity index is 1.99. The third-order valence-electron chi connectivity index (χ3n) is 4.43. The molecule has 4 rings (SSSR count). The number of esters is 1. The summed E-state index contributed by atoms with van der Waals surface area (Å²) in [5.41, 5.74) is 3.25. The van der Waals surface area contributed by atoms with Gasteiger partial charge in [-0.1, -0.05) is 53.7 Å². The number of aromatic amines is 1. The van der Waals surface area contributed by atoms with Crippen molar-refractivity contribution < 1.29 is 9.53 Å². The van der Waals surface area contributed by atoms with Gasteiger partial charge < -0.3 is 4.74 Å². The molecule has 0 radical (unpaired) electrons. The van der Waals surface area contributed by atoms with E-state index < -0.39 is 5.97 Å². The predicted octanol–water partition coefficient (Wildman–Crippen LogP) is 5.91. The minimum absolute atomic E-state index is 0.285. The molecule has 0 aliphatic heterocycles. The van der Waals surface area contributed by atoms with E-state index in [2.05, 4.69) is 15.2 Å². The molecule has 7 heteroatoms. The van der Waals surface area contributed by atoms with Gasteiger partial charge in [-0.2, -0.15) is 5.10 Å². The van der Waals surface area contributed by atoms with E-state index in [1.54, 1.807) is 26.0 Å². The highest BCUT2D eigenvalue weighted by atomic mass is 35.5. The molecule has 5 nitrogen and oxygen atoms in total. The van der Waals surface area contributed by atoms with Gasteiger partial charge in [0.15, 0.2) is 5.65 Å². The van der Waals surface area contributed by atoms with Crippen LogP contribution in [0, 0.1) is 6.92 Å². The van der Waals surface area contributed by atoms with E-state index in [9.17, 15) is 4.79 Å². The van der Waals surface area contributed by atoms with Crippen LogP contribution in [0.3, 0.4) is 0 Å². The number of nitrogens with one attached hydrogen (secondary N) is 1. The standard InChI is InChI=1S/C22H18ClN3O2S/c1-3-28-22(27)17-13(2)24-20-19(18(17)14-9-11-15(23)12-10-14)21(26-25-20)29-16-7-5-4-6-8-16/h4-12H,3H2,1-2H3,(H,24,25,26). The monoisotopic (exact) mass is 423 g/mol. The Kier molecular flexibility index (Phi) is 5.56. The SMILES string of the molecule is CCOC(=O)c1c(C)nc2[nH]nc(Sc3ccccc3)c2c1-c1ccc(Cl)cc1. The number of pyridine rings is 1. The van der Waals surface area contributed by atoms with Crippen LogP contribution in [-0.2, 0) is 4.74 Å². The zero-order chi connectivity index (χ0) is 20.4. The van der Waals surface area contributed by atoms with Crippen LogP contribution in [-0.4, -0.2) is 27.8 Å². The summed E-state index contributed by atoms with van der Waals surface area (Å²) in [6, 6.07) is 17.3. The summed E-state index contributed by atoms with van der Waals surface area (Å²) >= 11 is 7.61. The molecule has 4 aromatic rings. The van der Waals surface area contributed by atoms with Crippen LogP contribution in [0.2, 0.25) is 5.02 Å². The molecule has 2 aromatic heterocycles. The number of carbonyl (C=O) groups is 1. The largest absolute Gasteiger partial charge is 0.462 e. The zero-order valence-corrected chi connectivity index (χ0v) is 17.5. The van der Waals surface area contributed by atoms with Gasteiger partial charge in [-0.15, -0.1) is 0 Å². The topological polar surface area (TPSA) is 67.9 Å². The Hall–Kier alpha value is -2.83. The van der Waals surface area contributed by atoms with Gasteiger partial charge in [0.2, 0.25) is 0 Å². The maximum absolute atomic E-state index is 12.8. The first-order valence-corrected chi connectivity index (χ1v) is 10.3. The number of rotatable bonds is 5. The van der Waals surface area contributed by atoms with Crippen LogP contribution in [0.25, 0.3) is 22.2 Å². The molecule has 0 saturated carbocycles. The van der Waals surface area contributed by atoms with Crippen molar-refractivity contribution in [3.05, 3.63) is 70.9 Å². The molecule has 0 aliphatic rings. The Morgan fingerprint density at radius 2 is 1.86 bits per heavy atom. The highest BCUT2D eigenvalue weighted by Gasteiger charge is 2.25. The van der Waals surface area contributed by atoms with Gasteiger partial charge in [0.1, 0.15) is 5.03 Å². The average molecular weight is 424 g/mol. The molecule has 0 spiro atoms. The molecule has 0 aliphatic carbocycles. The molecule has 146 valence electrons. The molecular weight excluding hydrogens is 406 g/mol. The van der Waals surface area contributed by atoms with Gasteiger partial charge in [0, 0.05) is 15.5 Å². The summed E-state index contributed by atoms with van der Waals surface area (Å²) in [4.78, 5) is 18.5. The number of hydrogen-bond donors (Lipinski definition) is 1. The zero-order valence-electron chi connectivity index (χ0n) is 15.9. The number of aromatic nitrogens is 3. The lowest BCUT2D eigenvalue weighted by Gasteiger charge is -2.14. The summed E-state index contributed by atoms with van der Waals surface area (Å²) in [6.07, 6.45) is 0. The van der Waals surface area contributed by atoms with Crippen molar-refractivity contribution in [1.82, 2.24) is 15.2 Å². The summed E-state index contributed by atoms with van der Waals surface area (Å²) in [6.45, 7) is 3.87. The third kappa shape index (κ3) is 3.86. The number of ether oxygens (including phenoxy) is 1. The quantitative estimate of drug-likeness (QED) is 0.404. The Bertz CT molecular complexity index is 1170. The van der Waals surface area contributed by atoms with E-state index in [0.717, 1.165) is 26.4 Å². The van der Waals surface area contributed by atoms with Crippen molar-refractivity contribution in [1.29, 1.82) is 0 Å². The normalized spacial score (nSPS) is 11.0. The molecule has 1 N–H and O–H groups in total. The summed E-state index contributed by atoms with van der Waals surface area (Å²) in [5.74, 6) is -0.402. The Labute approximate surface area is 177 Å². The van der Waals surface area contributed by atoms with E-state index in [0.29, 0.717) is 21.9 Å². The number of halogens is 1. The van der Waals surface area contributed by atoms with Crippen LogP contribution in [0.4, 0.5) is 0 Å². The second-order valence-corrected chi connectivity index (χ2v) is 7.84. The van der Waals surface area contributed by atoms with Crippen LogP contribution in [0.1, 0.15) is 23.0 Å². The average Bonchev–Trinajstić information content (AvgIpc) is 3.10. The second-order valence-electron chi connectivity index (χ2n) is 6.34. The number of aryl methyl sites for hydroxylation is 1. The minimum Gasteiger partial charge on any atom is -0.462 e. The first-order chi connectivity index (χ1) is 14.1. The van der Waals surface area contributed by atoms with Crippen LogP contribution in [0.5, 0.6) is 0 Å². The van der Waals surface area contributed by atoms with Gasteiger partial charge in [-0.25, -0.2) is 9.78 Å². The van der Waals surface area contributed by atoms with Gasteiger partial charge in [-0.3, -0.25) is 5.10 Å². The number of carbonyl (C=O) groups excluding carboxylic acids is 1. The van der Waals surface area contributed by atoms with E-state index in [1.807, 2.05) is 42.5 Å². The fourth-order valence-corrected chi connectivity index (χ4v) is 4.22. The highest BCUT2D eigenvalue weighted by molar-refractivity contribution is 7.99. The molecule has 0 fully saturated rings. The molecule has 2 aromatic carbocycles. The molecule has 0 bridgehead atoms. The van der Waals surface area contributed by atoms with E-state index >= 15 is 0 Å². The van der Waals surface area contributed by atoms with Crippen molar-refractivity contribution in [2.45, 2.75) is 23.8 Å². The number of fused-ring (bicyclic) bond motifs is 1. The second kappa shape index (κ2) is 8.27. The first-order valence-electron chi connectivity index (χ1n) is 9.13. The van der Waals surface area contributed by atoms with Crippen molar-refractivity contribution in [3.63, 3.8) is 0 Å².